The van der Waals surface area contributed by atoms with Gasteiger partial charge in [-0.3, -0.25) is 4.90 Å². The summed E-state index contributed by atoms with van der Waals surface area (Å²) in [7, 11) is 4.09. The van der Waals surface area contributed by atoms with E-state index in [0.717, 1.165) is 29.5 Å². The van der Waals surface area contributed by atoms with Crippen LogP contribution in [0, 0.1) is 0 Å². The van der Waals surface area contributed by atoms with Crippen molar-refractivity contribution < 1.29 is 4.42 Å². The van der Waals surface area contributed by atoms with Crippen LogP contribution in [0.5, 0.6) is 0 Å². The minimum atomic E-state index is 0.145. The molecule has 0 bridgehead atoms. The van der Waals surface area contributed by atoms with E-state index in [9.17, 15) is 0 Å². The van der Waals surface area contributed by atoms with Gasteiger partial charge >= 0.3 is 0 Å². The van der Waals surface area contributed by atoms with Crippen molar-refractivity contribution in [1.82, 2.24) is 19.5 Å². The third kappa shape index (κ3) is 3.22. The first-order valence-electron chi connectivity index (χ1n) is 7.84. The molecular formula is C17H23N5O. The van der Waals surface area contributed by atoms with Crippen molar-refractivity contribution in [3.8, 4) is 0 Å². The SMILES string of the molecule is CC(C)c1cc(NCC(c2ccco2)N(C)C)n2nccc2n1. The maximum absolute atomic E-state index is 5.56. The zero-order valence-corrected chi connectivity index (χ0v) is 14.0. The Morgan fingerprint density at radius 1 is 1.30 bits per heavy atom. The molecule has 0 fully saturated rings. The van der Waals surface area contributed by atoms with Gasteiger partial charge in [-0.15, -0.1) is 0 Å². The fraction of sp³-hybridized carbons (Fsp3) is 0.412. The minimum absolute atomic E-state index is 0.145. The van der Waals surface area contributed by atoms with Gasteiger partial charge in [-0.2, -0.15) is 9.61 Å². The average molecular weight is 313 g/mol. The predicted molar refractivity (Wildman–Crippen MR) is 90.7 cm³/mol. The molecule has 6 heteroatoms. The average Bonchev–Trinajstić information content (AvgIpc) is 3.17. The number of furan rings is 1. The van der Waals surface area contributed by atoms with Crippen molar-refractivity contribution in [3.05, 3.63) is 48.2 Å². The normalized spacial score (nSPS) is 13.1. The number of hydrogen-bond acceptors (Lipinski definition) is 5. The number of nitrogens with zero attached hydrogens (tertiary/aromatic N) is 4. The highest BCUT2D eigenvalue weighted by atomic mass is 16.3. The summed E-state index contributed by atoms with van der Waals surface area (Å²) in [6.45, 7) is 5.01. The summed E-state index contributed by atoms with van der Waals surface area (Å²) in [5.41, 5.74) is 1.91. The van der Waals surface area contributed by atoms with E-state index in [1.165, 1.54) is 0 Å². The van der Waals surface area contributed by atoms with Gasteiger partial charge in [0, 0.05) is 24.4 Å². The van der Waals surface area contributed by atoms with E-state index in [0.29, 0.717) is 5.92 Å². The molecule has 0 amide bonds. The highest BCUT2D eigenvalue weighted by Gasteiger charge is 2.18. The minimum Gasteiger partial charge on any atom is -0.468 e. The molecule has 0 aromatic carbocycles. The molecule has 6 nitrogen and oxygen atoms in total. The van der Waals surface area contributed by atoms with E-state index in [4.69, 9.17) is 4.42 Å². The molecule has 0 aliphatic carbocycles. The molecule has 3 rings (SSSR count). The first-order chi connectivity index (χ1) is 11.1. The van der Waals surface area contributed by atoms with Crippen LogP contribution >= 0.6 is 0 Å². The van der Waals surface area contributed by atoms with E-state index in [1.807, 2.05) is 36.8 Å². The molecule has 0 spiro atoms. The van der Waals surface area contributed by atoms with Gasteiger partial charge in [0.2, 0.25) is 0 Å². The van der Waals surface area contributed by atoms with Gasteiger partial charge in [-0.1, -0.05) is 13.8 Å². The molecule has 1 unspecified atom stereocenters. The van der Waals surface area contributed by atoms with Gasteiger partial charge in [-0.05, 0) is 32.1 Å². The highest BCUT2D eigenvalue weighted by Crippen LogP contribution is 2.22. The van der Waals surface area contributed by atoms with Crippen molar-refractivity contribution in [2.45, 2.75) is 25.8 Å². The third-order valence-electron chi connectivity index (χ3n) is 3.94. The van der Waals surface area contributed by atoms with Crippen LogP contribution < -0.4 is 5.32 Å². The summed E-state index contributed by atoms with van der Waals surface area (Å²) in [4.78, 5) is 6.77. The summed E-state index contributed by atoms with van der Waals surface area (Å²) in [6, 6.07) is 8.06. The van der Waals surface area contributed by atoms with Gasteiger partial charge < -0.3 is 9.73 Å². The van der Waals surface area contributed by atoms with Crippen LogP contribution in [0.4, 0.5) is 5.82 Å². The molecule has 1 N–H and O–H groups in total. The molecule has 122 valence electrons. The molecule has 1 atom stereocenters. The molecule has 0 radical (unpaired) electrons. The largest absolute Gasteiger partial charge is 0.468 e. The topological polar surface area (TPSA) is 58.6 Å². The van der Waals surface area contributed by atoms with Crippen molar-refractivity contribution in [2.24, 2.45) is 0 Å². The Bertz CT molecular complexity index is 760. The molecule has 23 heavy (non-hydrogen) atoms. The van der Waals surface area contributed by atoms with E-state index >= 15 is 0 Å². The maximum Gasteiger partial charge on any atom is 0.157 e. The molecule has 3 aromatic rings. The first kappa shape index (κ1) is 15.6. The van der Waals surface area contributed by atoms with Crippen LogP contribution in [0.2, 0.25) is 0 Å². The van der Waals surface area contributed by atoms with Gasteiger partial charge in [0.05, 0.1) is 18.5 Å². The number of rotatable bonds is 6. The Morgan fingerprint density at radius 2 is 2.13 bits per heavy atom. The fourth-order valence-electron chi connectivity index (χ4n) is 2.57. The van der Waals surface area contributed by atoms with Crippen molar-refractivity contribution in [2.75, 3.05) is 26.0 Å². The van der Waals surface area contributed by atoms with Gasteiger partial charge in [0.25, 0.3) is 0 Å². The van der Waals surface area contributed by atoms with Crippen LogP contribution in [-0.4, -0.2) is 40.1 Å². The summed E-state index contributed by atoms with van der Waals surface area (Å²) in [5, 5.41) is 7.86. The lowest BCUT2D eigenvalue weighted by Gasteiger charge is -2.23. The monoisotopic (exact) mass is 313 g/mol. The quantitative estimate of drug-likeness (QED) is 0.757. The van der Waals surface area contributed by atoms with E-state index in [1.54, 1.807) is 12.5 Å². The summed E-state index contributed by atoms with van der Waals surface area (Å²) in [5.74, 6) is 2.25. The Balaban J connectivity index is 1.87. The molecule has 0 saturated carbocycles. The number of likely N-dealkylation sites (N-methyl/N-ethyl adjacent to an activating group) is 1. The molecule has 3 heterocycles. The molecule has 0 saturated heterocycles. The number of aromatic nitrogens is 3. The first-order valence-corrected chi connectivity index (χ1v) is 7.84. The number of fused-ring (bicyclic) bond motifs is 1. The number of anilines is 1. The van der Waals surface area contributed by atoms with Crippen LogP contribution in [-0.2, 0) is 0 Å². The Kier molecular flexibility index (Phi) is 4.34. The Labute approximate surface area is 136 Å². The molecular weight excluding hydrogens is 290 g/mol. The predicted octanol–water partition coefficient (Wildman–Crippen LogP) is 3.16. The van der Waals surface area contributed by atoms with Gasteiger partial charge in [0.15, 0.2) is 5.65 Å². The Hall–Kier alpha value is -2.34. The standard InChI is InChI=1S/C17H23N5O/c1-12(2)13-10-17(22-16(20-13)7-8-19-22)18-11-14(21(3)4)15-6-5-9-23-15/h5-10,12,14,18H,11H2,1-4H3. The lowest BCUT2D eigenvalue weighted by atomic mass is 10.1. The second-order valence-corrected chi connectivity index (χ2v) is 6.20. The third-order valence-corrected chi connectivity index (χ3v) is 3.94. The summed E-state index contributed by atoms with van der Waals surface area (Å²) in [6.07, 6.45) is 3.48. The second-order valence-electron chi connectivity index (χ2n) is 6.20. The smallest absolute Gasteiger partial charge is 0.157 e. The van der Waals surface area contributed by atoms with Crippen molar-refractivity contribution >= 4 is 11.5 Å². The summed E-state index contributed by atoms with van der Waals surface area (Å²) < 4.78 is 7.40. The maximum atomic E-state index is 5.56. The zero-order chi connectivity index (χ0) is 16.4. The molecule has 3 aromatic heterocycles. The summed E-state index contributed by atoms with van der Waals surface area (Å²) >= 11 is 0. The highest BCUT2D eigenvalue weighted by molar-refractivity contribution is 5.49. The number of nitrogens with one attached hydrogen (secondary N) is 1. The van der Waals surface area contributed by atoms with Gasteiger partial charge in [0.1, 0.15) is 11.6 Å². The lowest BCUT2D eigenvalue weighted by Crippen LogP contribution is -2.27. The number of hydrogen-bond donors (Lipinski definition) is 1. The molecule has 0 aliphatic heterocycles. The van der Waals surface area contributed by atoms with Crippen LogP contribution in [0.25, 0.3) is 5.65 Å². The fourth-order valence-corrected chi connectivity index (χ4v) is 2.57. The second kappa shape index (κ2) is 6.42. The van der Waals surface area contributed by atoms with E-state index in [2.05, 4.69) is 40.2 Å². The van der Waals surface area contributed by atoms with E-state index in [-0.39, 0.29) is 6.04 Å². The van der Waals surface area contributed by atoms with Crippen LogP contribution in [0.3, 0.4) is 0 Å². The van der Waals surface area contributed by atoms with Crippen molar-refractivity contribution in [3.63, 3.8) is 0 Å². The van der Waals surface area contributed by atoms with Crippen LogP contribution in [0.1, 0.15) is 37.3 Å². The van der Waals surface area contributed by atoms with Crippen LogP contribution in [0.15, 0.2) is 41.1 Å². The van der Waals surface area contributed by atoms with Gasteiger partial charge in [-0.25, -0.2) is 4.98 Å². The van der Waals surface area contributed by atoms with E-state index < -0.39 is 0 Å². The molecule has 0 aliphatic rings. The Morgan fingerprint density at radius 3 is 2.78 bits per heavy atom. The zero-order valence-electron chi connectivity index (χ0n) is 14.0. The van der Waals surface area contributed by atoms with Crippen molar-refractivity contribution in [1.29, 1.82) is 0 Å². The lowest BCUT2D eigenvalue weighted by molar-refractivity contribution is 0.269.